The smallest absolute Gasteiger partial charge is 0.652 e. The van der Waals surface area contributed by atoms with Crippen LogP contribution < -0.4 is 16.4 Å². The maximum atomic E-state index is 8.33. The van der Waals surface area contributed by atoms with Gasteiger partial charge in [-0.2, -0.15) is 0 Å². The van der Waals surface area contributed by atoms with Crippen LogP contribution in [0.1, 0.15) is 0 Å². The normalized spacial score (nSPS) is 4.00. The number of hydrogen-bond donors (Lipinski definition) is 1. The molecule has 0 aromatic heterocycles. The van der Waals surface area contributed by atoms with E-state index in [9.17, 15) is 0 Å². The second kappa shape index (κ2) is 8.83. The molecule has 0 amide bonds. The van der Waals surface area contributed by atoms with E-state index in [0.717, 1.165) is 0 Å². The molecule has 0 aliphatic carbocycles. The minimum Gasteiger partial charge on any atom is -0.652 e. The van der Waals surface area contributed by atoms with Gasteiger partial charge in [0.1, 0.15) is 0 Å². The Kier molecular flexibility index (Phi) is 25.3. The SMILES string of the molecule is N.O=C([O-])[O-].[Co+2]. The van der Waals surface area contributed by atoms with Crippen molar-refractivity contribution in [1.82, 2.24) is 6.15 Å². The molecule has 1 radical (unpaired) electrons. The quantitative estimate of drug-likeness (QED) is 0.405. The van der Waals surface area contributed by atoms with Crippen molar-refractivity contribution in [3.05, 3.63) is 0 Å². The fourth-order valence-electron chi connectivity index (χ4n) is 0. The summed E-state index contributed by atoms with van der Waals surface area (Å²) in [5.74, 6) is 0. The van der Waals surface area contributed by atoms with Gasteiger partial charge >= 0.3 is 16.8 Å². The molecule has 0 aliphatic heterocycles. The third-order valence-electron chi connectivity index (χ3n) is 0. The van der Waals surface area contributed by atoms with E-state index in [2.05, 4.69) is 0 Å². The Morgan fingerprint density at radius 2 is 1.33 bits per heavy atom. The standard InChI is InChI=1S/CH2O3.Co.H3N/c2-1(3)4;;/h(H2,2,3,4);;1H3/q;+2;/p-2. The molecule has 3 N–H and O–H groups in total. The molecule has 0 aliphatic rings. The monoisotopic (exact) mass is 136 g/mol. The zero-order chi connectivity index (χ0) is 3.58. The van der Waals surface area contributed by atoms with Crippen molar-refractivity contribution in [2.45, 2.75) is 0 Å². The molecule has 0 aromatic rings. The van der Waals surface area contributed by atoms with Gasteiger partial charge in [0.2, 0.25) is 0 Å². The molecular weight excluding hydrogens is 133 g/mol. The van der Waals surface area contributed by atoms with Gasteiger partial charge in [0.15, 0.2) is 0 Å². The van der Waals surface area contributed by atoms with Gasteiger partial charge in [-0.25, -0.2) is 0 Å². The first kappa shape index (κ1) is 17.2. The van der Waals surface area contributed by atoms with Crippen molar-refractivity contribution >= 4 is 6.16 Å². The van der Waals surface area contributed by atoms with Crippen molar-refractivity contribution in [2.75, 3.05) is 0 Å². The van der Waals surface area contributed by atoms with Gasteiger partial charge in [-0.1, -0.05) is 0 Å². The van der Waals surface area contributed by atoms with E-state index in [1.54, 1.807) is 0 Å². The first-order valence-corrected chi connectivity index (χ1v) is 0.612. The van der Waals surface area contributed by atoms with E-state index in [1.807, 2.05) is 0 Å². The molecular formula is CH3CoNO3. The number of hydrogen-bond acceptors (Lipinski definition) is 4. The molecule has 0 aromatic carbocycles. The molecule has 0 fully saturated rings. The van der Waals surface area contributed by atoms with Crippen LogP contribution in [0.25, 0.3) is 0 Å². The van der Waals surface area contributed by atoms with Crippen LogP contribution in [0, 0.1) is 0 Å². The summed E-state index contributed by atoms with van der Waals surface area (Å²) in [5.41, 5.74) is 0. The summed E-state index contributed by atoms with van der Waals surface area (Å²) in [6, 6.07) is 0. The van der Waals surface area contributed by atoms with Gasteiger partial charge in [0.05, 0.1) is 0 Å². The molecule has 0 spiro atoms. The molecule has 39 valence electrons. The second-order valence-corrected chi connectivity index (χ2v) is 0.250. The zero-order valence-electron chi connectivity index (χ0n) is 2.77. The number of carboxylic acid groups (broad SMARTS) is 2. The minimum atomic E-state index is -2.33. The number of rotatable bonds is 0. The van der Waals surface area contributed by atoms with Crippen LogP contribution in [-0.4, -0.2) is 6.16 Å². The fraction of sp³-hybridized carbons (Fsp3) is 0. The molecule has 0 saturated heterocycles. The maximum absolute atomic E-state index is 8.33. The Morgan fingerprint density at radius 3 is 1.33 bits per heavy atom. The largest absolute Gasteiger partial charge is 2.00 e. The first-order chi connectivity index (χ1) is 1.73. The van der Waals surface area contributed by atoms with Crippen LogP contribution in [0.15, 0.2) is 0 Å². The molecule has 0 saturated carbocycles. The molecule has 5 heteroatoms. The van der Waals surface area contributed by atoms with Crippen LogP contribution in [-0.2, 0) is 16.8 Å². The predicted octanol–water partition coefficient (Wildman–Crippen LogP) is -2.29. The van der Waals surface area contributed by atoms with Gasteiger partial charge in [-0.3, -0.25) is 0 Å². The van der Waals surface area contributed by atoms with E-state index in [0.29, 0.717) is 0 Å². The Hall–Kier alpha value is -0.264. The van der Waals surface area contributed by atoms with Gasteiger partial charge in [0, 0.05) is 0 Å². The van der Waals surface area contributed by atoms with Gasteiger partial charge in [-0.05, 0) is 6.16 Å². The third kappa shape index (κ3) is 403. The minimum absolute atomic E-state index is 0. The fourth-order valence-corrected chi connectivity index (χ4v) is 0. The molecule has 6 heavy (non-hydrogen) atoms. The Labute approximate surface area is 44.9 Å². The Morgan fingerprint density at radius 1 is 1.33 bits per heavy atom. The van der Waals surface area contributed by atoms with E-state index in [4.69, 9.17) is 15.0 Å². The number of carbonyl (C=O) groups is 1. The first-order valence-electron chi connectivity index (χ1n) is 0.612. The van der Waals surface area contributed by atoms with Crippen LogP contribution in [0.5, 0.6) is 0 Å². The number of carbonyl (C=O) groups excluding carboxylic acids is 1. The summed E-state index contributed by atoms with van der Waals surface area (Å²) in [6.07, 6.45) is -2.33. The predicted molar refractivity (Wildman–Crippen MR) is 10.4 cm³/mol. The summed E-state index contributed by atoms with van der Waals surface area (Å²) in [6.45, 7) is 0. The molecule has 0 unspecified atom stereocenters. The van der Waals surface area contributed by atoms with Crippen molar-refractivity contribution in [2.24, 2.45) is 0 Å². The van der Waals surface area contributed by atoms with Crippen molar-refractivity contribution < 1.29 is 31.8 Å². The van der Waals surface area contributed by atoms with Crippen molar-refractivity contribution in [3.63, 3.8) is 0 Å². The summed E-state index contributed by atoms with van der Waals surface area (Å²) in [7, 11) is 0. The average molecular weight is 136 g/mol. The average Bonchev–Trinajstić information content (AvgIpc) is 0.811. The van der Waals surface area contributed by atoms with Crippen LogP contribution in [0.4, 0.5) is 4.79 Å². The summed E-state index contributed by atoms with van der Waals surface area (Å²) in [5, 5.41) is 16.7. The summed E-state index contributed by atoms with van der Waals surface area (Å²) >= 11 is 0. The van der Waals surface area contributed by atoms with E-state index < -0.39 is 6.16 Å². The summed E-state index contributed by atoms with van der Waals surface area (Å²) < 4.78 is 0. The van der Waals surface area contributed by atoms with Crippen molar-refractivity contribution in [1.29, 1.82) is 0 Å². The molecule has 0 rings (SSSR count). The molecule has 0 bridgehead atoms. The molecule has 0 heterocycles. The van der Waals surface area contributed by atoms with Gasteiger partial charge < -0.3 is 21.2 Å². The molecule has 0 atom stereocenters. The Balaban J connectivity index is -0.0000000450. The second-order valence-electron chi connectivity index (χ2n) is 0.250. The maximum Gasteiger partial charge on any atom is 2.00 e. The van der Waals surface area contributed by atoms with Gasteiger partial charge in [0.25, 0.3) is 0 Å². The van der Waals surface area contributed by atoms with Crippen LogP contribution in [0.3, 0.4) is 0 Å². The topological polar surface area (TPSA) is 98.2 Å². The van der Waals surface area contributed by atoms with Crippen LogP contribution >= 0.6 is 0 Å². The zero-order valence-corrected chi connectivity index (χ0v) is 3.81. The van der Waals surface area contributed by atoms with Gasteiger partial charge in [-0.15, -0.1) is 0 Å². The van der Waals surface area contributed by atoms with E-state index in [1.165, 1.54) is 0 Å². The van der Waals surface area contributed by atoms with Crippen LogP contribution in [0.2, 0.25) is 0 Å². The van der Waals surface area contributed by atoms with Crippen molar-refractivity contribution in [3.8, 4) is 0 Å². The van der Waals surface area contributed by atoms with E-state index in [-0.39, 0.29) is 22.9 Å². The van der Waals surface area contributed by atoms with E-state index >= 15 is 0 Å². The third-order valence-corrected chi connectivity index (χ3v) is 0. The Bertz CT molecular complexity index is 33.8. The summed E-state index contributed by atoms with van der Waals surface area (Å²) in [4.78, 5) is 8.33. The molecule has 4 nitrogen and oxygen atoms in total.